The zero-order valence-corrected chi connectivity index (χ0v) is 8.62. The van der Waals surface area contributed by atoms with E-state index in [4.69, 9.17) is 0 Å². The molecule has 1 heterocycles. The summed E-state index contributed by atoms with van der Waals surface area (Å²) in [5.41, 5.74) is 0. The Kier molecular flexibility index (Phi) is 3.61. The number of Topliss-reactive ketones (excluding diaryl/α,β-unsaturated/α-hetero) is 1. The number of amides is 1. The molecule has 0 N–H and O–H groups in total. The van der Waals surface area contributed by atoms with Crippen molar-refractivity contribution in [1.29, 1.82) is 0 Å². The van der Waals surface area contributed by atoms with E-state index in [1.54, 1.807) is 0 Å². The highest BCUT2D eigenvalue weighted by atomic mass is 19.1. The lowest BCUT2D eigenvalue weighted by atomic mass is 10.1. The van der Waals surface area contributed by atoms with Gasteiger partial charge in [0.1, 0.15) is 0 Å². The van der Waals surface area contributed by atoms with Gasteiger partial charge < -0.3 is 4.90 Å². The molecular weight excluding hydrogens is 185 g/mol. The lowest BCUT2D eigenvalue weighted by Crippen LogP contribution is -2.40. The Balaban J connectivity index is 2.68. The van der Waals surface area contributed by atoms with Gasteiger partial charge in [-0.2, -0.15) is 0 Å². The molecule has 14 heavy (non-hydrogen) atoms. The van der Waals surface area contributed by atoms with Crippen LogP contribution in [-0.2, 0) is 9.59 Å². The molecule has 0 aromatic rings. The van der Waals surface area contributed by atoms with Crippen LogP contribution in [0.5, 0.6) is 0 Å². The minimum absolute atomic E-state index is 0.0136. The van der Waals surface area contributed by atoms with Crippen molar-refractivity contribution in [2.45, 2.75) is 32.7 Å². The normalized spacial score (nSPS) is 24.1. The maximum absolute atomic E-state index is 12.3. The highest BCUT2D eigenvalue weighted by Gasteiger charge is 2.35. The van der Waals surface area contributed by atoms with Gasteiger partial charge in [0.15, 0.2) is 5.78 Å². The minimum Gasteiger partial charge on any atom is -0.332 e. The van der Waals surface area contributed by atoms with Crippen LogP contribution in [0, 0.1) is 5.92 Å². The van der Waals surface area contributed by atoms with Crippen LogP contribution < -0.4 is 0 Å². The molecule has 2 unspecified atom stereocenters. The van der Waals surface area contributed by atoms with Gasteiger partial charge in [-0.25, -0.2) is 0 Å². The number of halogens is 1. The second kappa shape index (κ2) is 4.53. The maximum Gasteiger partial charge on any atom is 0.223 e. The van der Waals surface area contributed by atoms with Crippen molar-refractivity contribution in [3.05, 3.63) is 0 Å². The first kappa shape index (κ1) is 11.1. The van der Waals surface area contributed by atoms with Crippen LogP contribution in [0.2, 0.25) is 0 Å². The van der Waals surface area contributed by atoms with Gasteiger partial charge in [-0.1, -0.05) is 6.92 Å². The molecule has 1 saturated heterocycles. The quantitative estimate of drug-likeness (QED) is 0.684. The average molecular weight is 201 g/mol. The van der Waals surface area contributed by atoms with E-state index in [1.165, 1.54) is 11.8 Å². The van der Waals surface area contributed by atoms with Gasteiger partial charge in [0.2, 0.25) is 5.91 Å². The van der Waals surface area contributed by atoms with E-state index in [-0.39, 0.29) is 30.1 Å². The van der Waals surface area contributed by atoms with Crippen molar-refractivity contribution in [3.8, 4) is 0 Å². The predicted molar refractivity (Wildman–Crippen MR) is 50.6 cm³/mol. The van der Waals surface area contributed by atoms with Crippen LogP contribution in [0.3, 0.4) is 0 Å². The molecule has 0 saturated carbocycles. The summed E-state index contributed by atoms with van der Waals surface area (Å²) in [5.74, 6) is -0.314. The smallest absolute Gasteiger partial charge is 0.223 e. The summed E-state index contributed by atoms with van der Waals surface area (Å²) in [6.07, 6.45) is 0.861. The molecule has 0 aliphatic carbocycles. The summed E-state index contributed by atoms with van der Waals surface area (Å²) in [6.45, 7) is 3.26. The van der Waals surface area contributed by atoms with Gasteiger partial charge in [-0.3, -0.25) is 14.0 Å². The van der Waals surface area contributed by atoms with Crippen molar-refractivity contribution in [2.24, 2.45) is 5.92 Å². The molecule has 0 bridgehead atoms. The van der Waals surface area contributed by atoms with Crippen LogP contribution in [-0.4, -0.2) is 35.9 Å². The molecule has 3 nitrogen and oxygen atoms in total. The first-order valence-electron chi connectivity index (χ1n) is 4.96. The number of hydrogen-bond donors (Lipinski definition) is 0. The molecule has 2 atom stereocenters. The first-order chi connectivity index (χ1) is 6.60. The summed E-state index contributed by atoms with van der Waals surface area (Å²) < 4.78 is 12.3. The summed E-state index contributed by atoms with van der Waals surface area (Å²) in [6, 6.07) is -0.348. The van der Waals surface area contributed by atoms with Crippen LogP contribution in [0.1, 0.15) is 26.7 Å². The fourth-order valence-corrected chi connectivity index (χ4v) is 1.94. The molecule has 80 valence electrons. The minimum atomic E-state index is -0.476. The fourth-order valence-electron chi connectivity index (χ4n) is 1.94. The number of alkyl halides is 1. The first-order valence-corrected chi connectivity index (χ1v) is 4.96. The Morgan fingerprint density at radius 1 is 1.71 bits per heavy atom. The number of rotatable bonds is 4. The largest absolute Gasteiger partial charge is 0.332 e. The lowest BCUT2D eigenvalue weighted by molar-refractivity contribution is -0.135. The number of hydrogen-bond acceptors (Lipinski definition) is 2. The third kappa shape index (κ3) is 2.11. The molecule has 0 aromatic carbocycles. The van der Waals surface area contributed by atoms with Crippen molar-refractivity contribution in [2.75, 3.05) is 13.2 Å². The lowest BCUT2D eigenvalue weighted by Gasteiger charge is -2.24. The number of ketones is 1. The van der Waals surface area contributed by atoms with Crippen molar-refractivity contribution in [1.82, 2.24) is 4.90 Å². The fraction of sp³-hybridized carbons (Fsp3) is 0.800. The van der Waals surface area contributed by atoms with Crippen molar-refractivity contribution in [3.63, 3.8) is 0 Å². The standard InChI is InChI=1S/C10H16FNO2/c1-3-9(7(2)13)12-6-8(5-11)4-10(12)14/h8-9H,3-6H2,1-2H3. The Labute approximate surface area is 83.3 Å². The molecule has 4 heteroatoms. The zero-order chi connectivity index (χ0) is 10.7. The van der Waals surface area contributed by atoms with Gasteiger partial charge in [0.05, 0.1) is 12.7 Å². The van der Waals surface area contributed by atoms with E-state index >= 15 is 0 Å². The van der Waals surface area contributed by atoms with E-state index in [1.807, 2.05) is 6.92 Å². The number of nitrogens with zero attached hydrogens (tertiary/aromatic N) is 1. The second-order valence-corrected chi connectivity index (χ2v) is 3.81. The van der Waals surface area contributed by atoms with Gasteiger partial charge in [0.25, 0.3) is 0 Å². The molecule has 1 fully saturated rings. The van der Waals surface area contributed by atoms with E-state index in [2.05, 4.69) is 0 Å². The van der Waals surface area contributed by atoms with E-state index in [0.717, 1.165) is 0 Å². The second-order valence-electron chi connectivity index (χ2n) is 3.81. The topological polar surface area (TPSA) is 37.4 Å². The van der Waals surface area contributed by atoms with E-state index in [0.29, 0.717) is 13.0 Å². The van der Waals surface area contributed by atoms with E-state index in [9.17, 15) is 14.0 Å². The summed E-state index contributed by atoms with van der Waals surface area (Å²) in [4.78, 5) is 24.2. The van der Waals surface area contributed by atoms with Crippen LogP contribution in [0.25, 0.3) is 0 Å². The molecular formula is C10H16FNO2. The molecule has 0 spiro atoms. The summed E-state index contributed by atoms with van der Waals surface area (Å²) in [7, 11) is 0. The van der Waals surface area contributed by atoms with Crippen molar-refractivity contribution >= 4 is 11.7 Å². The predicted octanol–water partition coefficient (Wildman–Crippen LogP) is 1.17. The molecule has 1 aliphatic heterocycles. The van der Waals surface area contributed by atoms with Gasteiger partial charge in [-0.15, -0.1) is 0 Å². The number of carbonyl (C=O) groups is 2. The summed E-state index contributed by atoms with van der Waals surface area (Å²) in [5, 5.41) is 0. The maximum atomic E-state index is 12.3. The Hall–Kier alpha value is -0.930. The Bertz CT molecular complexity index is 242. The van der Waals surface area contributed by atoms with Crippen LogP contribution in [0.15, 0.2) is 0 Å². The molecule has 0 aromatic heterocycles. The number of likely N-dealkylation sites (tertiary alicyclic amines) is 1. The molecule has 1 amide bonds. The van der Waals surface area contributed by atoms with Crippen LogP contribution >= 0.6 is 0 Å². The highest BCUT2D eigenvalue weighted by Crippen LogP contribution is 2.22. The van der Waals surface area contributed by atoms with Gasteiger partial charge >= 0.3 is 0 Å². The monoisotopic (exact) mass is 201 g/mol. The Morgan fingerprint density at radius 2 is 2.36 bits per heavy atom. The third-order valence-corrected chi connectivity index (χ3v) is 2.69. The summed E-state index contributed by atoms with van der Waals surface area (Å²) >= 11 is 0. The van der Waals surface area contributed by atoms with Crippen LogP contribution in [0.4, 0.5) is 4.39 Å². The molecule has 1 aliphatic rings. The zero-order valence-electron chi connectivity index (χ0n) is 8.62. The van der Waals surface area contributed by atoms with Gasteiger partial charge in [-0.05, 0) is 13.3 Å². The average Bonchev–Trinajstić information content (AvgIpc) is 2.48. The third-order valence-electron chi connectivity index (χ3n) is 2.69. The van der Waals surface area contributed by atoms with Crippen molar-refractivity contribution < 1.29 is 14.0 Å². The molecule has 0 radical (unpaired) electrons. The SMILES string of the molecule is CCC(C(C)=O)N1CC(CF)CC1=O. The van der Waals surface area contributed by atoms with E-state index < -0.39 is 6.67 Å². The molecule has 1 rings (SSSR count). The van der Waals surface area contributed by atoms with Gasteiger partial charge in [0, 0.05) is 18.9 Å². The Morgan fingerprint density at radius 3 is 2.71 bits per heavy atom. The number of carbonyl (C=O) groups excluding carboxylic acids is 2. The highest BCUT2D eigenvalue weighted by molar-refractivity contribution is 5.88.